The van der Waals surface area contributed by atoms with Crippen LogP contribution in [0.5, 0.6) is 0 Å². The summed E-state index contributed by atoms with van der Waals surface area (Å²) in [6.45, 7) is 2.96. The van der Waals surface area contributed by atoms with E-state index in [1.807, 2.05) is 0 Å². The van der Waals surface area contributed by atoms with Gasteiger partial charge in [-0.15, -0.1) is 0 Å². The van der Waals surface area contributed by atoms with Gasteiger partial charge in [0.25, 0.3) is 0 Å². The van der Waals surface area contributed by atoms with Crippen molar-refractivity contribution in [2.24, 2.45) is 5.41 Å². The summed E-state index contributed by atoms with van der Waals surface area (Å²) in [6.07, 6.45) is 5.56. The molecule has 23 heavy (non-hydrogen) atoms. The average Bonchev–Trinajstić information content (AvgIpc) is 3.44. The molecule has 1 aromatic rings. The maximum atomic E-state index is 11.3. The van der Waals surface area contributed by atoms with Gasteiger partial charge in [0.05, 0.1) is 0 Å². The fraction of sp³-hybridized carbons (Fsp3) is 0.632. The van der Waals surface area contributed by atoms with Crippen LogP contribution >= 0.6 is 0 Å². The zero-order valence-electron chi connectivity index (χ0n) is 13.6. The van der Waals surface area contributed by atoms with Gasteiger partial charge in [0, 0.05) is 25.0 Å². The van der Waals surface area contributed by atoms with E-state index in [1.165, 1.54) is 24.8 Å². The van der Waals surface area contributed by atoms with Crippen molar-refractivity contribution in [3.05, 3.63) is 35.9 Å². The summed E-state index contributed by atoms with van der Waals surface area (Å²) in [5.41, 5.74) is 1.78. The lowest BCUT2D eigenvalue weighted by Gasteiger charge is -2.27. The number of nitrogens with zero attached hydrogens (tertiary/aromatic N) is 1. The highest BCUT2D eigenvalue weighted by Crippen LogP contribution is 2.48. The van der Waals surface area contributed by atoms with Crippen molar-refractivity contribution in [3.63, 3.8) is 0 Å². The van der Waals surface area contributed by atoms with Gasteiger partial charge in [-0.3, -0.25) is 9.69 Å². The number of hydrogen-bond donors (Lipinski definition) is 2. The summed E-state index contributed by atoms with van der Waals surface area (Å²) in [5, 5.41) is 13.1. The fourth-order valence-electron chi connectivity index (χ4n) is 4.13. The van der Waals surface area contributed by atoms with E-state index in [0.717, 1.165) is 32.5 Å². The van der Waals surface area contributed by atoms with Gasteiger partial charge in [0.2, 0.25) is 0 Å². The Morgan fingerprint density at radius 2 is 2.09 bits per heavy atom. The Labute approximate surface area is 137 Å². The van der Waals surface area contributed by atoms with Gasteiger partial charge in [-0.2, -0.15) is 0 Å². The first-order valence-corrected chi connectivity index (χ1v) is 8.92. The molecule has 1 aliphatic heterocycles. The van der Waals surface area contributed by atoms with Gasteiger partial charge < -0.3 is 10.4 Å². The Morgan fingerprint density at radius 3 is 2.78 bits per heavy atom. The number of aliphatic carboxylic acids is 1. The van der Waals surface area contributed by atoms with E-state index in [-0.39, 0.29) is 6.04 Å². The number of rotatable bonds is 7. The summed E-state index contributed by atoms with van der Waals surface area (Å²) >= 11 is 0. The van der Waals surface area contributed by atoms with Crippen molar-refractivity contribution in [2.75, 3.05) is 19.6 Å². The van der Waals surface area contributed by atoms with E-state index in [4.69, 9.17) is 0 Å². The topological polar surface area (TPSA) is 52.6 Å². The summed E-state index contributed by atoms with van der Waals surface area (Å²) < 4.78 is 0. The zero-order chi connectivity index (χ0) is 15.9. The van der Waals surface area contributed by atoms with Crippen molar-refractivity contribution in [1.29, 1.82) is 0 Å². The molecule has 3 fully saturated rings. The molecule has 2 saturated carbocycles. The molecule has 0 amide bonds. The largest absolute Gasteiger partial charge is 0.480 e. The van der Waals surface area contributed by atoms with Crippen LogP contribution in [0, 0.1) is 5.41 Å². The van der Waals surface area contributed by atoms with Crippen molar-refractivity contribution in [3.8, 4) is 0 Å². The van der Waals surface area contributed by atoms with Crippen molar-refractivity contribution < 1.29 is 9.90 Å². The Hall–Kier alpha value is -1.39. The van der Waals surface area contributed by atoms with Gasteiger partial charge in [-0.1, -0.05) is 30.3 Å². The molecule has 3 aliphatic rings. The Bertz CT molecular complexity index is 570. The minimum absolute atomic E-state index is 0.245. The summed E-state index contributed by atoms with van der Waals surface area (Å²) in [4.78, 5) is 13.5. The van der Waals surface area contributed by atoms with Crippen LogP contribution in [0.4, 0.5) is 0 Å². The molecule has 1 saturated heterocycles. The fourth-order valence-corrected chi connectivity index (χ4v) is 4.13. The number of hydrogen-bond acceptors (Lipinski definition) is 3. The molecular formula is C19H26N2O2. The van der Waals surface area contributed by atoms with E-state index >= 15 is 0 Å². The Morgan fingerprint density at radius 1 is 1.30 bits per heavy atom. The highest BCUT2D eigenvalue weighted by molar-refractivity contribution is 5.73. The van der Waals surface area contributed by atoms with Crippen LogP contribution in [0.1, 0.15) is 43.6 Å². The number of benzene rings is 1. The lowest BCUT2D eigenvalue weighted by molar-refractivity contribution is -0.142. The molecule has 1 aromatic carbocycles. The molecule has 0 aromatic heterocycles. The summed E-state index contributed by atoms with van der Waals surface area (Å²) in [7, 11) is 0. The number of likely N-dealkylation sites (tertiary alicyclic amines) is 1. The monoisotopic (exact) mass is 314 g/mol. The molecule has 4 nitrogen and oxygen atoms in total. The lowest BCUT2D eigenvalue weighted by Crippen LogP contribution is -2.42. The van der Waals surface area contributed by atoms with Crippen LogP contribution in [0.25, 0.3) is 0 Å². The SMILES string of the molecule is O=C(O)[C@H]1CCCN1CC1(CN[C@H]2C[C@@H]2c2ccccc2)CC1. The van der Waals surface area contributed by atoms with Crippen molar-refractivity contribution in [1.82, 2.24) is 10.2 Å². The standard InChI is InChI=1S/C19H26N2O2/c22-18(23)17-7-4-10-21(17)13-19(8-9-19)12-20-16-11-15(16)14-5-2-1-3-6-14/h1-3,5-6,15-17,20H,4,7-13H2,(H,22,23)/t15-,16+,17-/m1/s1. The third-order valence-corrected chi connectivity index (χ3v) is 5.90. The van der Waals surface area contributed by atoms with Crippen LogP contribution < -0.4 is 5.32 Å². The van der Waals surface area contributed by atoms with Crippen LogP contribution in [0.3, 0.4) is 0 Å². The average molecular weight is 314 g/mol. The molecule has 2 aliphatic carbocycles. The predicted molar refractivity (Wildman–Crippen MR) is 89.5 cm³/mol. The highest BCUT2D eigenvalue weighted by Gasteiger charge is 2.48. The molecule has 0 spiro atoms. The number of carboxylic acid groups (broad SMARTS) is 1. The maximum absolute atomic E-state index is 11.3. The highest BCUT2D eigenvalue weighted by atomic mass is 16.4. The molecule has 4 rings (SSSR count). The van der Waals surface area contributed by atoms with Gasteiger partial charge >= 0.3 is 5.97 Å². The second-order valence-electron chi connectivity index (χ2n) is 7.71. The van der Waals surface area contributed by atoms with Gasteiger partial charge in [0.15, 0.2) is 0 Å². The van der Waals surface area contributed by atoms with Crippen molar-refractivity contribution in [2.45, 2.75) is 50.1 Å². The second kappa shape index (κ2) is 5.91. The molecular weight excluding hydrogens is 288 g/mol. The second-order valence-corrected chi connectivity index (χ2v) is 7.71. The Kier molecular flexibility index (Phi) is 3.90. The first kappa shape index (κ1) is 15.2. The molecule has 4 heteroatoms. The normalized spacial score (nSPS) is 31.9. The third-order valence-electron chi connectivity index (χ3n) is 5.90. The minimum atomic E-state index is -0.641. The van der Waals surface area contributed by atoms with E-state index in [0.29, 0.717) is 17.4 Å². The summed E-state index contributed by atoms with van der Waals surface area (Å²) in [6, 6.07) is 11.1. The zero-order valence-corrected chi connectivity index (χ0v) is 13.6. The molecule has 124 valence electrons. The van der Waals surface area contributed by atoms with E-state index in [9.17, 15) is 9.90 Å². The molecule has 2 N–H and O–H groups in total. The number of carboxylic acids is 1. The van der Waals surface area contributed by atoms with Crippen LogP contribution in [0.2, 0.25) is 0 Å². The van der Waals surface area contributed by atoms with E-state index in [2.05, 4.69) is 40.5 Å². The van der Waals surface area contributed by atoms with Gasteiger partial charge in [-0.05, 0) is 49.6 Å². The lowest BCUT2D eigenvalue weighted by atomic mass is 10.1. The van der Waals surface area contributed by atoms with E-state index in [1.54, 1.807) is 0 Å². The smallest absolute Gasteiger partial charge is 0.320 e. The predicted octanol–water partition coefficient (Wildman–Crippen LogP) is 2.46. The quantitative estimate of drug-likeness (QED) is 0.812. The summed E-state index contributed by atoms with van der Waals surface area (Å²) in [5.74, 6) is 0.0307. The number of carbonyl (C=O) groups is 1. The van der Waals surface area contributed by atoms with Crippen LogP contribution in [0.15, 0.2) is 30.3 Å². The Balaban J connectivity index is 1.28. The maximum Gasteiger partial charge on any atom is 0.320 e. The van der Waals surface area contributed by atoms with Crippen LogP contribution in [-0.2, 0) is 4.79 Å². The first-order chi connectivity index (χ1) is 11.2. The van der Waals surface area contributed by atoms with Crippen molar-refractivity contribution >= 4 is 5.97 Å². The molecule has 0 radical (unpaired) electrons. The molecule has 0 bridgehead atoms. The third kappa shape index (κ3) is 3.29. The number of nitrogens with one attached hydrogen (secondary N) is 1. The first-order valence-electron chi connectivity index (χ1n) is 8.92. The molecule has 0 unspecified atom stereocenters. The van der Waals surface area contributed by atoms with Gasteiger partial charge in [0.1, 0.15) is 6.04 Å². The van der Waals surface area contributed by atoms with Gasteiger partial charge in [-0.25, -0.2) is 0 Å². The van der Waals surface area contributed by atoms with E-state index < -0.39 is 5.97 Å². The minimum Gasteiger partial charge on any atom is -0.480 e. The molecule has 1 heterocycles. The van der Waals surface area contributed by atoms with Crippen LogP contribution in [-0.4, -0.2) is 47.7 Å². The molecule has 3 atom stereocenters.